The lowest BCUT2D eigenvalue weighted by Gasteiger charge is -2.34. The van der Waals surface area contributed by atoms with Crippen LogP contribution in [0.2, 0.25) is 0 Å². The van der Waals surface area contributed by atoms with Crippen molar-refractivity contribution >= 4 is 47.4 Å². The van der Waals surface area contributed by atoms with Crippen LogP contribution in [0, 0.1) is 0 Å². The maximum absolute atomic E-state index is 12.5. The van der Waals surface area contributed by atoms with Crippen LogP contribution in [0.4, 0.5) is 0 Å². The Morgan fingerprint density at radius 1 is 0.638 bits per heavy atom. The molecule has 0 aromatic heterocycles. The summed E-state index contributed by atoms with van der Waals surface area (Å²) in [6, 6.07) is 5.83. The van der Waals surface area contributed by atoms with Crippen LogP contribution in [0.15, 0.2) is 36.4 Å². The Kier molecular flexibility index (Phi) is 15.3. The van der Waals surface area contributed by atoms with Crippen molar-refractivity contribution in [2.24, 2.45) is 0 Å². The summed E-state index contributed by atoms with van der Waals surface area (Å²) in [5.74, 6) is -7.46. The minimum atomic E-state index is -1.32. The molecule has 1 heterocycles. The van der Waals surface area contributed by atoms with Gasteiger partial charge in [-0.25, -0.2) is 0 Å². The molecule has 0 aliphatic carbocycles. The number of carbonyl (C=O) groups excluding carboxylic acids is 3. The van der Waals surface area contributed by atoms with Gasteiger partial charge in [-0.05, 0) is 24.0 Å². The fourth-order valence-electron chi connectivity index (χ4n) is 5.04. The lowest BCUT2D eigenvalue weighted by Crippen LogP contribution is -2.51. The third-order valence-corrected chi connectivity index (χ3v) is 7.10. The molecule has 0 spiro atoms. The number of benzene rings is 1. The van der Waals surface area contributed by atoms with E-state index in [1.54, 1.807) is 24.3 Å². The number of carbonyl (C=O) groups is 8. The average Bonchev–Trinajstić information content (AvgIpc) is 3.27. The van der Waals surface area contributed by atoms with Gasteiger partial charge in [0.1, 0.15) is 5.78 Å². The summed E-state index contributed by atoms with van der Waals surface area (Å²) in [5, 5.41) is 46.7. The molecule has 1 aliphatic rings. The average molecular weight is 663 g/mol. The second-order valence-corrected chi connectivity index (χ2v) is 11.0. The van der Waals surface area contributed by atoms with E-state index >= 15 is 0 Å². The fraction of sp³-hybridized carbons (Fsp3) is 0.467. The number of hydrogen-bond acceptors (Lipinski definition) is 11. The van der Waals surface area contributed by atoms with Crippen molar-refractivity contribution in [2.45, 2.75) is 31.7 Å². The number of carboxylic acids is 5. The smallest absolute Gasteiger partial charge is 0.317 e. The Labute approximate surface area is 269 Å². The van der Waals surface area contributed by atoms with Gasteiger partial charge in [-0.2, -0.15) is 0 Å². The van der Waals surface area contributed by atoms with Crippen LogP contribution in [-0.2, 0) is 51.2 Å². The normalized spacial score (nSPS) is 13.5. The second-order valence-electron chi connectivity index (χ2n) is 11.0. The molecule has 17 heteroatoms. The van der Waals surface area contributed by atoms with E-state index in [0.717, 1.165) is 14.7 Å². The van der Waals surface area contributed by atoms with Crippen LogP contribution in [-0.4, -0.2) is 158 Å². The first-order chi connectivity index (χ1) is 22.1. The largest absolute Gasteiger partial charge is 0.480 e. The van der Waals surface area contributed by atoms with Gasteiger partial charge in [-0.1, -0.05) is 24.3 Å². The SMILES string of the molecule is O=C(O)CN(CCN(CC(=O)O)C[C@@H](Cc1ccc(CC(=O)CCCN2C(=O)C=CC2=O)cc1)N(CC(=O)O)CC(=O)O)CC(=O)O. The van der Waals surface area contributed by atoms with Gasteiger partial charge in [0.15, 0.2) is 0 Å². The number of imide groups is 1. The highest BCUT2D eigenvalue weighted by Gasteiger charge is 2.27. The van der Waals surface area contributed by atoms with Gasteiger partial charge in [-0.3, -0.25) is 58.0 Å². The van der Waals surface area contributed by atoms with Crippen LogP contribution < -0.4 is 0 Å². The van der Waals surface area contributed by atoms with Gasteiger partial charge >= 0.3 is 29.8 Å². The molecule has 0 saturated carbocycles. The maximum atomic E-state index is 12.5. The lowest BCUT2D eigenvalue weighted by molar-refractivity contribution is -0.144. The number of aliphatic carboxylic acids is 5. The first-order valence-corrected chi connectivity index (χ1v) is 14.5. The highest BCUT2D eigenvalue weighted by Crippen LogP contribution is 2.15. The molecule has 0 bridgehead atoms. The highest BCUT2D eigenvalue weighted by atomic mass is 16.4. The van der Waals surface area contributed by atoms with E-state index in [1.165, 1.54) is 17.1 Å². The first kappa shape index (κ1) is 38.2. The van der Waals surface area contributed by atoms with Gasteiger partial charge in [0.25, 0.3) is 11.8 Å². The molecular weight excluding hydrogens is 624 g/mol. The summed E-state index contributed by atoms with van der Waals surface area (Å²) in [6.45, 7) is -3.48. The predicted octanol–water partition coefficient (Wildman–Crippen LogP) is -1.26. The van der Waals surface area contributed by atoms with Crippen molar-refractivity contribution in [3.63, 3.8) is 0 Å². The molecule has 1 aromatic rings. The molecule has 1 aromatic carbocycles. The number of Topliss-reactive ketones (excluding diaryl/α,β-unsaturated/α-hetero) is 1. The fourth-order valence-corrected chi connectivity index (χ4v) is 5.04. The third-order valence-electron chi connectivity index (χ3n) is 7.10. The molecule has 0 radical (unpaired) electrons. The van der Waals surface area contributed by atoms with Crippen molar-refractivity contribution in [3.8, 4) is 0 Å². The van der Waals surface area contributed by atoms with E-state index in [1.807, 2.05) is 0 Å². The molecule has 17 nitrogen and oxygen atoms in total. The minimum Gasteiger partial charge on any atom is -0.480 e. The monoisotopic (exact) mass is 662 g/mol. The number of ketones is 1. The van der Waals surface area contributed by atoms with Crippen molar-refractivity contribution in [1.29, 1.82) is 0 Å². The molecule has 2 rings (SSSR count). The topological polar surface area (TPSA) is 251 Å². The Balaban J connectivity index is 2.17. The molecule has 5 N–H and O–H groups in total. The molecule has 0 unspecified atom stereocenters. The van der Waals surface area contributed by atoms with Crippen molar-refractivity contribution in [3.05, 3.63) is 47.5 Å². The second kappa shape index (κ2) is 18.8. The summed E-state index contributed by atoms with van der Waals surface area (Å²) >= 11 is 0. The van der Waals surface area contributed by atoms with Crippen molar-refractivity contribution < 1.29 is 63.9 Å². The minimum absolute atomic E-state index is 0.0730. The Morgan fingerprint density at radius 3 is 1.57 bits per heavy atom. The van der Waals surface area contributed by atoms with E-state index in [9.17, 15) is 53.7 Å². The summed E-state index contributed by atoms with van der Waals surface area (Å²) in [6.07, 6.45) is 2.92. The van der Waals surface area contributed by atoms with Crippen LogP contribution in [0.3, 0.4) is 0 Å². The maximum Gasteiger partial charge on any atom is 0.317 e. The van der Waals surface area contributed by atoms with Crippen molar-refractivity contribution in [1.82, 2.24) is 19.6 Å². The number of rotatable bonds is 24. The summed E-state index contributed by atoms with van der Waals surface area (Å²) in [4.78, 5) is 97.7. The molecule has 1 atom stereocenters. The van der Waals surface area contributed by atoms with E-state index in [4.69, 9.17) is 10.2 Å². The van der Waals surface area contributed by atoms with E-state index in [2.05, 4.69) is 0 Å². The summed E-state index contributed by atoms with van der Waals surface area (Å²) in [7, 11) is 0. The van der Waals surface area contributed by atoms with Gasteiger partial charge in [-0.15, -0.1) is 0 Å². The highest BCUT2D eigenvalue weighted by molar-refractivity contribution is 6.12. The number of carboxylic acid groups (broad SMARTS) is 5. The Hall–Kier alpha value is -5.00. The predicted molar refractivity (Wildman–Crippen MR) is 160 cm³/mol. The molecule has 1 aliphatic heterocycles. The number of nitrogens with zero attached hydrogens (tertiary/aromatic N) is 4. The van der Waals surface area contributed by atoms with Crippen LogP contribution in [0.25, 0.3) is 0 Å². The zero-order valence-corrected chi connectivity index (χ0v) is 25.5. The number of amides is 2. The van der Waals surface area contributed by atoms with Crippen LogP contribution in [0.5, 0.6) is 0 Å². The van der Waals surface area contributed by atoms with E-state index < -0.39 is 80.4 Å². The van der Waals surface area contributed by atoms with Crippen molar-refractivity contribution in [2.75, 3.05) is 58.9 Å². The van der Waals surface area contributed by atoms with Gasteiger partial charge in [0.2, 0.25) is 0 Å². The number of hydrogen-bond donors (Lipinski definition) is 5. The molecule has 47 heavy (non-hydrogen) atoms. The lowest BCUT2D eigenvalue weighted by atomic mass is 9.99. The molecular formula is C30H38N4O13. The molecule has 2 amide bonds. The van der Waals surface area contributed by atoms with Crippen LogP contribution >= 0.6 is 0 Å². The molecule has 0 saturated heterocycles. The Bertz CT molecular complexity index is 1310. The van der Waals surface area contributed by atoms with Crippen LogP contribution in [0.1, 0.15) is 24.0 Å². The van der Waals surface area contributed by atoms with E-state index in [0.29, 0.717) is 17.5 Å². The standard InChI is InChI=1S/C30H38N4O13/c35-23(2-1-9-34-24(36)7-8-25(34)37)13-21-5-3-20(4-6-21)12-22(33(18-29(44)45)19-30(46)47)14-31(15-26(38)39)10-11-32(16-27(40)41)17-28(42)43/h3-8,22H,1-2,9-19H2,(H,38,39)(H,40,41)(H,42,43)(H,44,45)(H,46,47)/t22-/m1/s1. The first-order valence-electron chi connectivity index (χ1n) is 14.5. The van der Waals surface area contributed by atoms with Gasteiger partial charge < -0.3 is 25.5 Å². The third kappa shape index (κ3) is 14.8. The summed E-state index contributed by atoms with van der Waals surface area (Å²) < 4.78 is 0. The van der Waals surface area contributed by atoms with E-state index in [-0.39, 0.29) is 51.2 Å². The summed E-state index contributed by atoms with van der Waals surface area (Å²) in [5.41, 5.74) is 1.28. The molecule has 0 fully saturated rings. The Morgan fingerprint density at radius 2 is 1.09 bits per heavy atom. The quantitative estimate of drug-likeness (QED) is 0.0810. The zero-order chi connectivity index (χ0) is 35.1. The zero-order valence-electron chi connectivity index (χ0n) is 25.5. The molecule has 256 valence electrons. The van der Waals surface area contributed by atoms with Gasteiger partial charge in [0, 0.05) is 57.2 Å². The van der Waals surface area contributed by atoms with Gasteiger partial charge in [0.05, 0.1) is 32.7 Å².